The number of rotatable bonds is 0. The summed E-state index contributed by atoms with van der Waals surface area (Å²) in [6, 6.07) is 6.40. The third-order valence-electron chi connectivity index (χ3n) is 2.28. The summed E-state index contributed by atoms with van der Waals surface area (Å²) in [6.45, 7) is 3.19. The van der Waals surface area contributed by atoms with E-state index in [0.717, 1.165) is 29.4 Å². The Hall–Kier alpha value is -0.890. The lowest BCUT2D eigenvalue weighted by molar-refractivity contribution is 0.745. The molecule has 0 aliphatic carbocycles. The maximum absolute atomic E-state index is 5.91. The minimum Gasteiger partial charge on any atom is -0.383 e. The SMILES string of the molecule is C[C@H]1CCNc2ccc(Cl)cc2N1. The molecule has 1 aliphatic heterocycles. The van der Waals surface area contributed by atoms with Gasteiger partial charge in [-0.25, -0.2) is 0 Å². The second kappa shape index (κ2) is 3.46. The van der Waals surface area contributed by atoms with E-state index in [1.54, 1.807) is 0 Å². The molecular formula is C10H13ClN2. The van der Waals surface area contributed by atoms with E-state index < -0.39 is 0 Å². The summed E-state index contributed by atoms with van der Waals surface area (Å²) in [6.07, 6.45) is 1.13. The zero-order chi connectivity index (χ0) is 9.26. The number of benzene rings is 1. The van der Waals surface area contributed by atoms with Gasteiger partial charge in [0.2, 0.25) is 0 Å². The topological polar surface area (TPSA) is 24.1 Å². The van der Waals surface area contributed by atoms with Crippen molar-refractivity contribution in [2.24, 2.45) is 0 Å². The van der Waals surface area contributed by atoms with Crippen molar-refractivity contribution in [2.45, 2.75) is 19.4 Å². The van der Waals surface area contributed by atoms with Crippen LogP contribution in [0.3, 0.4) is 0 Å². The van der Waals surface area contributed by atoms with E-state index in [1.165, 1.54) is 0 Å². The maximum Gasteiger partial charge on any atom is 0.0593 e. The molecule has 13 heavy (non-hydrogen) atoms. The Balaban J connectivity index is 2.35. The number of halogens is 1. The molecule has 0 saturated carbocycles. The molecule has 3 heteroatoms. The predicted octanol–water partition coefficient (Wildman–Crippen LogP) is 2.96. The fraction of sp³-hybridized carbons (Fsp3) is 0.400. The standard InChI is InChI=1S/C10H13ClN2/c1-7-4-5-12-9-3-2-8(11)6-10(9)13-7/h2-3,6-7,12-13H,4-5H2,1H3/t7-/m0/s1. The molecule has 70 valence electrons. The lowest BCUT2D eigenvalue weighted by Gasteiger charge is -2.11. The van der Waals surface area contributed by atoms with Crippen molar-refractivity contribution < 1.29 is 0 Å². The molecule has 0 spiro atoms. The van der Waals surface area contributed by atoms with Crippen molar-refractivity contribution in [3.05, 3.63) is 23.2 Å². The van der Waals surface area contributed by atoms with Gasteiger partial charge >= 0.3 is 0 Å². The first kappa shape index (κ1) is 8.70. The maximum atomic E-state index is 5.91. The van der Waals surface area contributed by atoms with Crippen LogP contribution >= 0.6 is 11.6 Å². The van der Waals surface area contributed by atoms with Crippen molar-refractivity contribution in [3.8, 4) is 0 Å². The number of hydrogen-bond acceptors (Lipinski definition) is 2. The van der Waals surface area contributed by atoms with Crippen molar-refractivity contribution in [2.75, 3.05) is 17.2 Å². The molecule has 2 N–H and O–H groups in total. The van der Waals surface area contributed by atoms with Crippen LogP contribution in [0.15, 0.2) is 18.2 Å². The summed E-state index contributed by atoms with van der Waals surface area (Å²) in [5.74, 6) is 0. The van der Waals surface area contributed by atoms with Crippen LogP contribution in [0.2, 0.25) is 5.02 Å². The van der Waals surface area contributed by atoms with Crippen LogP contribution in [-0.4, -0.2) is 12.6 Å². The molecule has 0 unspecified atom stereocenters. The van der Waals surface area contributed by atoms with E-state index in [-0.39, 0.29) is 0 Å². The first-order chi connectivity index (χ1) is 6.25. The summed E-state index contributed by atoms with van der Waals surface area (Å²) < 4.78 is 0. The molecule has 1 aromatic rings. The third kappa shape index (κ3) is 1.89. The van der Waals surface area contributed by atoms with E-state index >= 15 is 0 Å². The number of hydrogen-bond donors (Lipinski definition) is 2. The van der Waals surface area contributed by atoms with E-state index in [1.807, 2.05) is 18.2 Å². The summed E-state index contributed by atoms with van der Waals surface area (Å²) >= 11 is 5.91. The molecule has 0 radical (unpaired) electrons. The Morgan fingerprint density at radius 1 is 1.38 bits per heavy atom. The van der Waals surface area contributed by atoms with Gasteiger partial charge in [-0.1, -0.05) is 11.6 Å². The number of nitrogens with one attached hydrogen (secondary N) is 2. The van der Waals surface area contributed by atoms with E-state index in [9.17, 15) is 0 Å². The summed E-state index contributed by atoms with van der Waals surface area (Å²) in [5.41, 5.74) is 2.26. The van der Waals surface area contributed by atoms with Gasteiger partial charge in [0.1, 0.15) is 0 Å². The highest BCUT2D eigenvalue weighted by Gasteiger charge is 2.10. The van der Waals surface area contributed by atoms with Gasteiger partial charge in [0.05, 0.1) is 11.4 Å². The quantitative estimate of drug-likeness (QED) is 0.667. The summed E-state index contributed by atoms with van der Waals surface area (Å²) in [5, 5.41) is 7.56. The molecule has 0 aromatic heterocycles. The Morgan fingerprint density at radius 2 is 2.23 bits per heavy atom. The van der Waals surface area contributed by atoms with Crippen LogP contribution in [-0.2, 0) is 0 Å². The molecule has 1 aliphatic rings. The van der Waals surface area contributed by atoms with Gasteiger partial charge in [-0.15, -0.1) is 0 Å². The molecule has 1 aromatic carbocycles. The van der Waals surface area contributed by atoms with Crippen molar-refractivity contribution in [1.29, 1.82) is 0 Å². The van der Waals surface area contributed by atoms with Crippen LogP contribution < -0.4 is 10.6 Å². The first-order valence-corrected chi connectivity index (χ1v) is 4.93. The average molecular weight is 197 g/mol. The van der Waals surface area contributed by atoms with Crippen LogP contribution in [0.5, 0.6) is 0 Å². The van der Waals surface area contributed by atoms with Crippen molar-refractivity contribution >= 4 is 23.0 Å². The minimum absolute atomic E-state index is 0.507. The van der Waals surface area contributed by atoms with E-state index in [0.29, 0.717) is 6.04 Å². The fourth-order valence-electron chi connectivity index (χ4n) is 1.55. The Morgan fingerprint density at radius 3 is 3.08 bits per heavy atom. The Bertz CT molecular complexity index is 312. The summed E-state index contributed by atoms with van der Waals surface area (Å²) in [4.78, 5) is 0. The number of fused-ring (bicyclic) bond motifs is 1. The largest absolute Gasteiger partial charge is 0.383 e. The Kier molecular flexibility index (Phi) is 2.32. The van der Waals surface area contributed by atoms with E-state index in [2.05, 4.69) is 17.6 Å². The van der Waals surface area contributed by atoms with Crippen LogP contribution in [0.25, 0.3) is 0 Å². The smallest absolute Gasteiger partial charge is 0.0593 e. The third-order valence-corrected chi connectivity index (χ3v) is 2.51. The van der Waals surface area contributed by atoms with Gasteiger partial charge in [0.25, 0.3) is 0 Å². The number of anilines is 2. The van der Waals surface area contributed by atoms with Gasteiger partial charge in [-0.05, 0) is 31.5 Å². The van der Waals surface area contributed by atoms with Gasteiger partial charge in [-0.2, -0.15) is 0 Å². The zero-order valence-electron chi connectivity index (χ0n) is 7.60. The van der Waals surface area contributed by atoms with Gasteiger partial charge in [0, 0.05) is 17.6 Å². The monoisotopic (exact) mass is 196 g/mol. The lowest BCUT2D eigenvalue weighted by atomic mass is 10.2. The highest BCUT2D eigenvalue weighted by molar-refractivity contribution is 6.31. The fourth-order valence-corrected chi connectivity index (χ4v) is 1.72. The average Bonchev–Trinajstić information content (AvgIpc) is 2.25. The van der Waals surface area contributed by atoms with Crippen LogP contribution in [0.1, 0.15) is 13.3 Å². The molecule has 1 atom stereocenters. The van der Waals surface area contributed by atoms with E-state index in [4.69, 9.17) is 11.6 Å². The zero-order valence-corrected chi connectivity index (χ0v) is 8.36. The lowest BCUT2D eigenvalue weighted by Crippen LogP contribution is -2.14. The second-order valence-corrected chi connectivity index (χ2v) is 3.89. The molecular weight excluding hydrogens is 184 g/mol. The predicted molar refractivity (Wildman–Crippen MR) is 57.6 cm³/mol. The van der Waals surface area contributed by atoms with Crippen molar-refractivity contribution in [3.63, 3.8) is 0 Å². The highest BCUT2D eigenvalue weighted by atomic mass is 35.5. The van der Waals surface area contributed by atoms with Crippen molar-refractivity contribution in [1.82, 2.24) is 0 Å². The highest BCUT2D eigenvalue weighted by Crippen LogP contribution is 2.28. The Labute approximate surface area is 83.3 Å². The molecule has 0 amide bonds. The molecule has 1 heterocycles. The first-order valence-electron chi connectivity index (χ1n) is 4.55. The second-order valence-electron chi connectivity index (χ2n) is 3.45. The van der Waals surface area contributed by atoms with Gasteiger partial charge in [-0.3, -0.25) is 0 Å². The van der Waals surface area contributed by atoms with Crippen LogP contribution in [0.4, 0.5) is 11.4 Å². The minimum atomic E-state index is 0.507. The summed E-state index contributed by atoms with van der Waals surface area (Å²) in [7, 11) is 0. The van der Waals surface area contributed by atoms with Gasteiger partial charge < -0.3 is 10.6 Å². The molecule has 2 rings (SSSR count). The molecule has 0 saturated heterocycles. The molecule has 0 bridgehead atoms. The molecule has 0 fully saturated rings. The van der Waals surface area contributed by atoms with Gasteiger partial charge in [0.15, 0.2) is 0 Å². The normalized spacial score (nSPS) is 20.9. The molecule has 2 nitrogen and oxygen atoms in total. The van der Waals surface area contributed by atoms with Crippen LogP contribution in [0, 0.1) is 0 Å².